The molecule has 0 aliphatic carbocycles. The molecule has 138 valence electrons. The van der Waals surface area contributed by atoms with Gasteiger partial charge in [-0.15, -0.1) is 0 Å². The Morgan fingerprint density at radius 3 is 2.59 bits per heavy atom. The van der Waals surface area contributed by atoms with Crippen LogP contribution < -0.4 is 5.32 Å². The largest absolute Gasteiger partial charge is 0.448 e. The van der Waals surface area contributed by atoms with E-state index in [9.17, 15) is 14.0 Å². The third-order valence-electron chi connectivity index (χ3n) is 4.09. The van der Waals surface area contributed by atoms with Gasteiger partial charge < -0.3 is 10.1 Å². The van der Waals surface area contributed by atoms with Gasteiger partial charge in [-0.2, -0.15) is 0 Å². The number of rotatable bonds is 6. The van der Waals surface area contributed by atoms with Gasteiger partial charge in [-0.1, -0.05) is 36.4 Å². The SMILES string of the molecule is C[C@@H](OC(=O)c1ccc2ccccc2n1)C(=O)NCCc1ccc(F)cc1. The molecule has 0 unspecified atom stereocenters. The zero-order valence-electron chi connectivity index (χ0n) is 14.8. The second-order valence-corrected chi connectivity index (χ2v) is 6.10. The Morgan fingerprint density at radius 2 is 1.81 bits per heavy atom. The Hall–Kier alpha value is -3.28. The predicted octanol–water partition coefficient (Wildman–Crippen LogP) is 3.28. The van der Waals surface area contributed by atoms with E-state index in [-0.39, 0.29) is 11.5 Å². The van der Waals surface area contributed by atoms with Gasteiger partial charge in [-0.05, 0) is 43.2 Å². The maximum absolute atomic E-state index is 12.9. The number of carbonyl (C=O) groups excluding carboxylic acids is 2. The molecular formula is C21H19FN2O3. The summed E-state index contributed by atoms with van der Waals surface area (Å²) in [5, 5.41) is 3.62. The quantitative estimate of drug-likeness (QED) is 0.680. The summed E-state index contributed by atoms with van der Waals surface area (Å²) in [7, 11) is 0. The first kappa shape index (κ1) is 18.5. The summed E-state index contributed by atoms with van der Waals surface area (Å²) in [4.78, 5) is 28.6. The van der Waals surface area contributed by atoms with Crippen molar-refractivity contribution in [3.05, 3.63) is 77.7 Å². The topological polar surface area (TPSA) is 68.3 Å². The van der Waals surface area contributed by atoms with E-state index in [2.05, 4.69) is 10.3 Å². The minimum atomic E-state index is -0.945. The number of pyridine rings is 1. The van der Waals surface area contributed by atoms with E-state index in [1.165, 1.54) is 19.1 Å². The Kier molecular flexibility index (Phi) is 5.76. The summed E-state index contributed by atoms with van der Waals surface area (Å²) in [6.45, 7) is 1.87. The van der Waals surface area contributed by atoms with Crippen molar-refractivity contribution in [2.24, 2.45) is 0 Å². The van der Waals surface area contributed by atoms with E-state index in [1.54, 1.807) is 30.3 Å². The summed E-state index contributed by atoms with van der Waals surface area (Å²) in [5.74, 6) is -1.35. The molecule has 0 radical (unpaired) electrons. The number of nitrogens with one attached hydrogen (secondary N) is 1. The number of ether oxygens (including phenoxy) is 1. The van der Waals surface area contributed by atoms with Gasteiger partial charge in [0, 0.05) is 11.9 Å². The molecule has 27 heavy (non-hydrogen) atoms. The minimum absolute atomic E-state index is 0.152. The van der Waals surface area contributed by atoms with Crippen LogP contribution in [0.15, 0.2) is 60.7 Å². The van der Waals surface area contributed by atoms with Crippen molar-refractivity contribution < 1.29 is 18.7 Å². The maximum Gasteiger partial charge on any atom is 0.357 e. The van der Waals surface area contributed by atoms with E-state index >= 15 is 0 Å². The molecule has 5 nitrogen and oxygen atoms in total. The summed E-state index contributed by atoms with van der Waals surface area (Å²) >= 11 is 0. The molecule has 0 aliphatic heterocycles. The Labute approximate surface area is 156 Å². The van der Waals surface area contributed by atoms with E-state index in [4.69, 9.17) is 4.74 Å². The smallest absolute Gasteiger partial charge is 0.357 e. The average molecular weight is 366 g/mol. The van der Waals surface area contributed by atoms with Crippen LogP contribution in [0.3, 0.4) is 0 Å². The van der Waals surface area contributed by atoms with Crippen LogP contribution in [0.25, 0.3) is 10.9 Å². The van der Waals surface area contributed by atoms with Crippen molar-refractivity contribution in [2.75, 3.05) is 6.54 Å². The molecule has 3 aromatic rings. The number of hydrogen-bond acceptors (Lipinski definition) is 4. The monoisotopic (exact) mass is 366 g/mol. The van der Waals surface area contributed by atoms with Gasteiger partial charge in [-0.25, -0.2) is 14.2 Å². The van der Waals surface area contributed by atoms with Crippen LogP contribution >= 0.6 is 0 Å². The molecule has 1 aromatic heterocycles. The minimum Gasteiger partial charge on any atom is -0.448 e. The second kappa shape index (κ2) is 8.40. The Balaban J connectivity index is 1.52. The van der Waals surface area contributed by atoms with Crippen molar-refractivity contribution in [1.82, 2.24) is 10.3 Å². The molecule has 0 saturated carbocycles. The molecule has 0 bridgehead atoms. The highest BCUT2D eigenvalue weighted by atomic mass is 19.1. The Morgan fingerprint density at radius 1 is 1.07 bits per heavy atom. The first-order valence-corrected chi connectivity index (χ1v) is 8.62. The Bertz CT molecular complexity index is 957. The van der Waals surface area contributed by atoms with E-state index < -0.39 is 18.0 Å². The lowest BCUT2D eigenvalue weighted by Crippen LogP contribution is -2.37. The van der Waals surface area contributed by atoms with Gasteiger partial charge in [0.2, 0.25) is 0 Å². The highest BCUT2D eigenvalue weighted by Gasteiger charge is 2.19. The number of benzene rings is 2. The second-order valence-electron chi connectivity index (χ2n) is 6.10. The molecule has 2 aromatic carbocycles. The van der Waals surface area contributed by atoms with E-state index in [0.717, 1.165) is 10.9 Å². The fourth-order valence-electron chi connectivity index (χ4n) is 2.58. The summed E-state index contributed by atoms with van der Waals surface area (Å²) < 4.78 is 18.1. The van der Waals surface area contributed by atoms with Crippen molar-refractivity contribution in [3.63, 3.8) is 0 Å². The molecule has 1 amide bonds. The molecule has 1 heterocycles. The van der Waals surface area contributed by atoms with Crippen LogP contribution in [-0.4, -0.2) is 29.5 Å². The highest BCUT2D eigenvalue weighted by Crippen LogP contribution is 2.13. The third-order valence-corrected chi connectivity index (χ3v) is 4.09. The van der Waals surface area contributed by atoms with Crippen LogP contribution in [0, 0.1) is 5.82 Å². The maximum atomic E-state index is 12.9. The molecular weight excluding hydrogens is 347 g/mol. The summed E-state index contributed by atoms with van der Waals surface area (Å²) in [5.41, 5.74) is 1.74. The van der Waals surface area contributed by atoms with Crippen molar-refractivity contribution in [3.8, 4) is 0 Å². The first-order valence-electron chi connectivity index (χ1n) is 8.62. The number of halogens is 1. The zero-order chi connectivity index (χ0) is 19.2. The molecule has 3 rings (SSSR count). The summed E-state index contributed by atoms with van der Waals surface area (Å²) in [6, 6.07) is 16.9. The van der Waals surface area contributed by atoms with Gasteiger partial charge in [0.15, 0.2) is 6.10 Å². The summed E-state index contributed by atoms with van der Waals surface area (Å²) in [6.07, 6.45) is -0.391. The number of para-hydroxylation sites is 1. The lowest BCUT2D eigenvalue weighted by molar-refractivity contribution is -0.129. The molecule has 1 N–H and O–H groups in total. The lowest BCUT2D eigenvalue weighted by Gasteiger charge is -2.13. The molecule has 1 atom stereocenters. The normalized spacial score (nSPS) is 11.8. The lowest BCUT2D eigenvalue weighted by atomic mass is 10.1. The van der Waals surface area contributed by atoms with Crippen LogP contribution in [0.2, 0.25) is 0 Å². The molecule has 0 saturated heterocycles. The molecule has 0 fully saturated rings. The first-order chi connectivity index (χ1) is 13.0. The van der Waals surface area contributed by atoms with E-state index in [1.807, 2.05) is 18.2 Å². The standard InChI is InChI=1S/C21H19FN2O3/c1-14(20(25)23-13-12-15-6-9-17(22)10-7-15)27-21(26)19-11-8-16-4-2-3-5-18(16)24-19/h2-11,14H,12-13H2,1H3,(H,23,25)/t14-/m1/s1. The molecule has 0 aliphatic rings. The van der Waals surface area contributed by atoms with Crippen molar-refractivity contribution >= 4 is 22.8 Å². The highest BCUT2D eigenvalue weighted by molar-refractivity contribution is 5.93. The number of carbonyl (C=O) groups is 2. The van der Waals surface area contributed by atoms with Crippen LogP contribution in [0.5, 0.6) is 0 Å². The van der Waals surface area contributed by atoms with Crippen LogP contribution in [-0.2, 0) is 16.0 Å². The average Bonchev–Trinajstić information content (AvgIpc) is 2.69. The van der Waals surface area contributed by atoms with Gasteiger partial charge in [0.25, 0.3) is 5.91 Å². The van der Waals surface area contributed by atoms with Crippen LogP contribution in [0.4, 0.5) is 4.39 Å². The van der Waals surface area contributed by atoms with Gasteiger partial charge >= 0.3 is 5.97 Å². The zero-order valence-corrected chi connectivity index (χ0v) is 14.8. The van der Waals surface area contributed by atoms with E-state index in [0.29, 0.717) is 18.5 Å². The molecule has 0 spiro atoms. The number of aromatic nitrogens is 1. The number of hydrogen-bond donors (Lipinski definition) is 1. The fourth-order valence-corrected chi connectivity index (χ4v) is 2.58. The van der Waals surface area contributed by atoms with Crippen LogP contribution in [0.1, 0.15) is 23.0 Å². The number of nitrogens with zero attached hydrogens (tertiary/aromatic N) is 1. The van der Waals surface area contributed by atoms with Gasteiger partial charge in [-0.3, -0.25) is 4.79 Å². The van der Waals surface area contributed by atoms with Crippen molar-refractivity contribution in [2.45, 2.75) is 19.4 Å². The van der Waals surface area contributed by atoms with Crippen molar-refractivity contribution in [1.29, 1.82) is 0 Å². The number of esters is 1. The molecule has 6 heteroatoms. The number of amides is 1. The third kappa shape index (κ3) is 4.88. The predicted molar refractivity (Wildman–Crippen MR) is 99.7 cm³/mol. The number of fused-ring (bicyclic) bond motifs is 1. The fraction of sp³-hybridized carbons (Fsp3) is 0.190. The van der Waals surface area contributed by atoms with Gasteiger partial charge in [0.05, 0.1) is 5.52 Å². The van der Waals surface area contributed by atoms with Gasteiger partial charge in [0.1, 0.15) is 11.5 Å².